The summed E-state index contributed by atoms with van der Waals surface area (Å²) in [6, 6.07) is 2.22. The average molecular weight is 536 g/mol. The Kier molecular flexibility index (Phi) is 7.13. The van der Waals surface area contributed by atoms with Crippen LogP contribution in [0.4, 0.5) is 19.0 Å². The zero-order chi connectivity index (χ0) is 26.0. The molecule has 4 heterocycles. The summed E-state index contributed by atoms with van der Waals surface area (Å²) in [7, 11) is 0. The summed E-state index contributed by atoms with van der Waals surface area (Å²) in [5.74, 6) is -1.07. The van der Waals surface area contributed by atoms with Crippen molar-refractivity contribution in [1.29, 1.82) is 0 Å². The zero-order valence-corrected chi connectivity index (χ0v) is 20.3. The third-order valence-corrected chi connectivity index (χ3v) is 6.51. The lowest BCUT2D eigenvalue weighted by Gasteiger charge is -2.10. The third kappa shape index (κ3) is 5.74. The number of nitrogens with zero attached hydrogens (tertiary/aromatic N) is 6. The van der Waals surface area contributed by atoms with Gasteiger partial charge in [-0.1, -0.05) is 18.5 Å². The Hall–Kier alpha value is -3.71. The first-order valence-electron chi connectivity index (χ1n) is 10.4. The number of alkyl halides is 3. The number of pyridine rings is 1. The van der Waals surface area contributed by atoms with Crippen LogP contribution in [0, 0.1) is 6.92 Å². The van der Waals surface area contributed by atoms with Gasteiger partial charge in [-0.2, -0.15) is 13.2 Å². The fourth-order valence-electron chi connectivity index (χ4n) is 3.18. The molecule has 0 saturated carbocycles. The van der Waals surface area contributed by atoms with E-state index in [4.69, 9.17) is 11.6 Å². The molecule has 0 aromatic carbocycles. The lowest BCUT2D eigenvalue weighted by atomic mass is 10.0. The molecule has 14 heteroatoms. The lowest BCUT2D eigenvalue weighted by molar-refractivity contribution is -0.137. The third-order valence-electron chi connectivity index (χ3n) is 4.98. The van der Waals surface area contributed by atoms with Crippen molar-refractivity contribution in [2.75, 3.05) is 5.32 Å². The Morgan fingerprint density at radius 2 is 1.92 bits per heavy atom. The Bertz CT molecular complexity index is 1440. The van der Waals surface area contributed by atoms with Crippen molar-refractivity contribution in [3.63, 3.8) is 0 Å². The predicted octanol–water partition coefficient (Wildman–Crippen LogP) is 5.12. The monoisotopic (exact) mass is 535 g/mol. The summed E-state index contributed by atoms with van der Waals surface area (Å²) in [6.07, 6.45) is 2.14. The summed E-state index contributed by atoms with van der Waals surface area (Å²) in [4.78, 5) is 45.8. The number of Topliss-reactive ketones (excluding diaryl/α,β-unsaturated/α-hetero) is 1. The molecule has 0 saturated heterocycles. The van der Waals surface area contributed by atoms with Gasteiger partial charge in [-0.05, 0) is 13.0 Å². The topological polar surface area (TPSA) is 116 Å². The van der Waals surface area contributed by atoms with E-state index in [1.807, 2.05) is 6.92 Å². The van der Waals surface area contributed by atoms with E-state index in [0.717, 1.165) is 23.2 Å². The number of anilines is 1. The second-order valence-electron chi connectivity index (χ2n) is 7.78. The normalized spacial score (nSPS) is 12.4. The summed E-state index contributed by atoms with van der Waals surface area (Å²) in [5.41, 5.74) is -0.0870. The van der Waals surface area contributed by atoms with Gasteiger partial charge in [-0.25, -0.2) is 24.9 Å². The maximum atomic E-state index is 13.0. The van der Waals surface area contributed by atoms with Gasteiger partial charge < -0.3 is 5.32 Å². The molecule has 4 rings (SSSR count). The van der Waals surface area contributed by atoms with E-state index in [1.54, 1.807) is 30.1 Å². The molecular formula is C22H17ClF3N7O2S. The largest absolute Gasteiger partial charge is 0.418 e. The Labute approximate surface area is 211 Å². The number of halogens is 4. The quantitative estimate of drug-likeness (QED) is 0.326. The lowest BCUT2D eigenvalue weighted by Crippen LogP contribution is -2.13. The minimum absolute atomic E-state index is 0.0711. The van der Waals surface area contributed by atoms with E-state index >= 15 is 0 Å². The first-order chi connectivity index (χ1) is 17.0. The van der Waals surface area contributed by atoms with Crippen molar-refractivity contribution in [1.82, 2.24) is 29.5 Å². The summed E-state index contributed by atoms with van der Waals surface area (Å²) < 4.78 is 40.8. The van der Waals surface area contributed by atoms with Crippen LogP contribution in [0.3, 0.4) is 0 Å². The van der Waals surface area contributed by atoms with Gasteiger partial charge in [0.25, 0.3) is 5.91 Å². The molecule has 186 valence electrons. The zero-order valence-electron chi connectivity index (χ0n) is 18.7. The molecule has 0 unspecified atom stereocenters. The molecule has 0 aliphatic heterocycles. The molecule has 0 fully saturated rings. The van der Waals surface area contributed by atoms with Crippen molar-refractivity contribution in [2.45, 2.75) is 32.4 Å². The molecule has 4 aromatic rings. The van der Waals surface area contributed by atoms with E-state index in [0.29, 0.717) is 16.9 Å². The number of rotatable bonds is 7. The molecular weight excluding hydrogens is 519 g/mol. The van der Waals surface area contributed by atoms with Gasteiger partial charge >= 0.3 is 6.18 Å². The number of hydrogen-bond acceptors (Lipinski definition) is 8. The number of amides is 1. The number of thiazole rings is 1. The Morgan fingerprint density at radius 1 is 1.14 bits per heavy atom. The Balaban J connectivity index is 1.43. The van der Waals surface area contributed by atoms with Crippen LogP contribution in [-0.4, -0.2) is 41.2 Å². The summed E-state index contributed by atoms with van der Waals surface area (Å²) in [6.45, 7) is 3.61. The van der Waals surface area contributed by atoms with Crippen LogP contribution in [0.1, 0.15) is 55.7 Å². The van der Waals surface area contributed by atoms with Crippen LogP contribution in [0.2, 0.25) is 5.02 Å². The average Bonchev–Trinajstić information content (AvgIpc) is 3.49. The number of aryl methyl sites for hydroxylation is 1. The van der Waals surface area contributed by atoms with Gasteiger partial charge in [-0.3, -0.25) is 14.2 Å². The minimum atomic E-state index is -4.69. The number of carbonyl (C=O) groups is 2. The number of aromatic nitrogens is 6. The van der Waals surface area contributed by atoms with Crippen molar-refractivity contribution >= 4 is 40.4 Å². The maximum Gasteiger partial charge on any atom is 0.418 e. The van der Waals surface area contributed by atoms with Gasteiger partial charge in [-0.15, -0.1) is 11.3 Å². The van der Waals surface area contributed by atoms with Crippen molar-refractivity contribution in [2.24, 2.45) is 0 Å². The molecule has 0 spiro atoms. The molecule has 1 amide bonds. The standard InChI is InChI=1S/C22H17ClF3N7O2S/c1-11(3-16(34)15-5-19(30-9-29-15)33-8-12(2)31-10-33)21-28-7-17(36-21)20(35)32-18-4-13(22(24,25)26)14(23)6-27-18/h4-11H,3H2,1-2H3,(H,27,32,35)/t11-/m0/s1. The number of nitrogens with one attached hydrogen (secondary N) is 1. The fraction of sp³-hybridized carbons (Fsp3) is 0.227. The van der Waals surface area contributed by atoms with Gasteiger partial charge in [0, 0.05) is 30.8 Å². The van der Waals surface area contributed by atoms with Crippen LogP contribution >= 0.6 is 22.9 Å². The second-order valence-corrected chi connectivity index (χ2v) is 9.25. The van der Waals surface area contributed by atoms with Crippen molar-refractivity contribution < 1.29 is 22.8 Å². The van der Waals surface area contributed by atoms with Crippen LogP contribution in [0.25, 0.3) is 5.82 Å². The summed E-state index contributed by atoms with van der Waals surface area (Å²) >= 11 is 6.58. The molecule has 1 N–H and O–H groups in total. The van der Waals surface area contributed by atoms with E-state index in [2.05, 4.69) is 30.2 Å². The van der Waals surface area contributed by atoms with Crippen molar-refractivity contribution in [3.8, 4) is 5.82 Å². The van der Waals surface area contributed by atoms with Gasteiger partial charge in [0.1, 0.15) is 34.9 Å². The van der Waals surface area contributed by atoms with E-state index in [1.165, 1.54) is 12.5 Å². The van der Waals surface area contributed by atoms with Gasteiger partial charge in [0.05, 0.1) is 27.5 Å². The number of carbonyl (C=O) groups excluding carboxylic acids is 2. The highest BCUT2D eigenvalue weighted by Crippen LogP contribution is 2.35. The Morgan fingerprint density at radius 3 is 2.61 bits per heavy atom. The maximum absolute atomic E-state index is 13.0. The highest BCUT2D eigenvalue weighted by Gasteiger charge is 2.34. The molecule has 0 aliphatic carbocycles. The predicted molar refractivity (Wildman–Crippen MR) is 126 cm³/mol. The van der Waals surface area contributed by atoms with Crippen LogP contribution < -0.4 is 5.32 Å². The van der Waals surface area contributed by atoms with E-state index < -0.39 is 22.7 Å². The first kappa shape index (κ1) is 25.4. The first-order valence-corrected chi connectivity index (χ1v) is 11.6. The molecule has 1 atom stereocenters. The number of imidazole rings is 1. The number of ketones is 1. The second kappa shape index (κ2) is 10.1. The molecule has 9 nitrogen and oxygen atoms in total. The number of hydrogen-bond donors (Lipinski definition) is 1. The van der Waals surface area contributed by atoms with E-state index in [-0.39, 0.29) is 34.5 Å². The van der Waals surface area contributed by atoms with Gasteiger partial charge in [0.15, 0.2) is 5.78 Å². The molecule has 0 aliphatic rings. The molecule has 0 bridgehead atoms. The molecule has 4 aromatic heterocycles. The fourth-order valence-corrected chi connectivity index (χ4v) is 4.25. The SMILES string of the molecule is Cc1cn(-c2cc(C(=O)C[C@H](C)c3ncc(C(=O)Nc4cc(C(F)(F)F)c(Cl)cn4)s3)ncn2)cn1. The van der Waals surface area contributed by atoms with E-state index in [9.17, 15) is 22.8 Å². The van der Waals surface area contributed by atoms with Crippen LogP contribution in [0.15, 0.2) is 43.4 Å². The highest BCUT2D eigenvalue weighted by molar-refractivity contribution is 7.13. The molecule has 0 radical (unpaired) electrons. The van der Waals surface area contributed by atoms with Crippen molar-refractivity contribution in [3.05, 3.63) is 75.2 Å². The minimum Gasteiger partial charge on any atom is -0.306 e. The van der Waals surface area contributed by atoms with Crippen LogP contribution in [-0.2, 0) is 6.18 Å². The summed E-state index contributed by atoms with van der Waals surface area (Å²) in [5, 5.41) is 2.24. The highest BCUT2D eigenvalue weighted by atomic mass is 35.5. The van der Waals surface area contributed by atoms with Crippen LogP contribution in [0.5, 0.6) is 0 Å². The smallest absolute Gasteiger partial charge is 0.306 e. The molecule has 36 heavy (non-hydrogen) atoms. The van der Waals surface area contributed by atoms with Gasteiger partial charge in [0.2, 0.25) is 0 Å².